The van der Waals surface area contributed by atoms with Gasteiger partial charge in [-0.3, -0.25) is 48.2 Å². The van der Waals surface area contributed by atoms with Crippen molar-refractivity contribution >= 4 is 82.1 Å². The third-order valence-electron chi connectivity index (χ3n) is 26.3. The van der Waals surface area contributed by atoms with Crippen molar-refractivity contribution in [1.29, 1.82) is 0 Å². The first-order valence-electron chi connectivity index (χ1n) is 49.1. The number of methoxy groups -OCH3 is 4. The minimum atomic E-state index is -0.827. The number of hydrogen-bond acceptors (Lipinski definition) is 25. The minimum Gasteiger partial charge on any atom is -0.480 e. The number of amides is 8. The van der Waals surface area contributed by atoms with E-state index in [1.54, 1.807) is 90.8 Å². The van der Waals surface area contributed by atoms with Crippen molar-refractivity contribution in [2.24, 2.45) is 59.0 Å². The summed E-state index contributed by atoms with van der Waals surface area (Å²) in [7, 11) is 16.9. The summed E-state index contributed by atoms with van der Waals surface area (Å²) in [5, 5.41) is 21.1. The molecule has 18 atom stereocenters. The smallest absolute Gasteiger partial charge is 0.410 e. The van der Waals surface area contributed by atoms with Crippen molar-refractivity contribution in [2.75, 3.05) is 136 Å². The zero-order valence-corrected chi connectivity index (χ0v) is 89.9. The molecule has 784 valence electrons. The quantitative estimate of drug-likeness (QED) is 0.0298. The standard InChI is InChI=1S/C52H86N6O9S.C35H55N5O5S.C16H32N2O5.CH4/c1-16-36(6)46(57(13)50(62)39(34(2)3)32-42(59)45(35(4)5)55(11)26-28-66-29-27-56(12)51(63)67-52(8,9)10)43(64-14)33-44(60)58-25-20-23-41(58)47(65-15)37(7)48(61)54-40(49-53-24-30-68-49)31-38-21-18-17-19-22-38;1-9-23(4)31(39(6)35(43)30(36)22(2)3)28(44-7)21-29(41)40-18-13-16-27(40)32(45-8)24(5)33(42)38-26(34-37-17-19-46-34)20-25-14-11-10-12-15-25;1-12(2)13(14(19)20)17(6)8-10-22-11-9-18(7)15(21)23-16(3,4)5;/h17-19,21-22,24,30,34-37,39-41,43,45-47H,16,20,23,25-29,31-33H2,1-15H3,(H,54,61);10-12,14-15,17,19,22-24,26-28,30-32H,9,13,16,18,20-21,36H2,1-8H3,(H,38,42);12-13H,8-11H2,1-7H3,(H,19,20);1H4/t36-,37+,39-,40-,41-,43+,45-,46-,47+;23-,24+,26-,27-,28+,30-,31-,32+;13-;/m000./s1. The van der Waals surface area contributed by atoms with E-state index < -0.39 is 89.6 Å². The summed E-state index contributed by atoms with van der Waals surface area (Å²) in [4.78, 5) is 157. The second-order valence-corrected chi connectivity index (χ2v) is 42.3. The fourth-order valence-electron chi connectivity index (χ4n) is 18.1. The molecule has 0 aliphatic carbocycles. The highest BCUT2D eigenvalue weighted by molar-refractivity contribution is 7.09. The van der Waals surface area contributed by atoms with Crippen LogP contribution in [-0.2, 0) is 89.1 Å². The van der Waals surface area contributed by atoms with Crippen molar-refractivity contribution in [3.05, 3.63) is 105 Å². The van der Waals surface area contributed by atoms with Crippen LogP contribution in [0, 0.1) is 53.3 Å². The number of Topliss-reactive ketones (excluding diaryl/α,β-unsaturated/α-hetero) is 1. The van der Waals surface area contributed by atoms with E-state index in [0.29, 0.717) is 85.0 Å². The SMILES string of the molecule is C.CC(C)[C@@H](C(=O)O)N(C)CCOCCN(C)C(=O)OC(C)(C)C.CC[C@H](C)[C@@H]([C@@H](CC(=O)N1CCC[C@H]1[C@H](OC)[C@@H](C)C(=O)N[C@@H](Cc1ccccc1)c1nccs1)OC)N(C)C(=O)[C@@H](CC(=O)[C@H](C(C)C)N(C)CCOCCN(C)C(=O)OC(C)(C)C)C(C)C.CC[C@H](C)[C@@H]([C@@H](CC(=O)N1CCC[C@H]1[C@H](OC)[C@@H](C)C(=O)N[C@@H](Cc1ccccc1)c1nccs1)OC)N(C)C(=O)[C@@H](N)C(C)C. The average Bonchev–Trinajstić information content (AvgIpc) is 1.46. The molecule has 4 heterocycles. The average molecular weight is 1980 g/mol. The molecular weight excluding hydrogens is 1800 g/mol. The van der Waals surface area contributed by atoms with Crippen LogP contribution in [0.4, 0.5) is 9.59 Å². The predicted molar refractivity (Wildman–Crippen MR) is 546 cm³/mol. The Morgan fingerprint density at radius 2 is 0.862 bits per heavy atom. The largest absolute Gasteiger partial charge is 0.480 e. The van der Waals surface area contributed by atoms with Gasteiger partial charge in [-0.25, -0.2) is 19.6 Å². The molecule has 5 N–H and O–H groups in total. The Hall–Kier alpha value is -8.16. The number of nitrogens with two attached hydrogens (primary N) is 1. The van der Waals surface area contributed by atoms with Crippen LogP contribution in [-0.4, -0.2) is 328 Å². The number of aromatic nitrogens is 2. The molecule has 138 heavy (non-hydrogen) atoms. The monoisotopic (exact) mass is 1980 g/mol. The van der Waals surface area contributed by atoms with Crippen LogP contribution in [0.25, 0.3) is 0 Å². The van der Waals surface area contributed by atoms with Gasteiger partial charge in [0.1, 0.15) is 27.3 Å². The second-order valence-electron chi connectivity index (χ2n) is 40.4. The van der Waals surface area contributed by atoms with Gasteiger partial charge < -0.3 is 88.8 Å². The number of ether oxygens (including phenoxy) is 8. The number of carbonyl (C=O) groups excluding carboxylic acids is 9. The third kappa shape index (κ3) is 39.6. The van der Waals surface area contributed by atoms with Crippen molar-refractivity contribution in [3.63, 3.8) is 0 Å². The van der Waals surface area contributed by atoms with Crippen molar-refractivity contribution < 1.29 is 90.9 Å². The number of carboxylic acids is 1. The number of carbonyl (C=O) groups is 10. The highest BCUT2D eigenvalue weighted by Crippen LogP contribution is 2.36. The van der Waals surface area contributed by atoms with Gasteiger partial charge in [-0.2, -0.15) is 0 Å². The van der Waals surface area contributed by atoms with Crippen molar-refractivity contribution in [3.8, 4) is 0 Å². The summed E-state index contributed by atoms with van der Waals surface area (Å²) in [6.45, 7) is 42.8. The molecule has 2 aromatic heterocycles. The van der Waals surface area contributed by atoms with Crippen LogP contribution in [0.2, 0.25) is 0 Å². The van der Waals surface area contributed by atoms with Crippen LogP contribution in [0.1, 0.15) is 237 Å². The number of nitrogens with zero attached hydrogens (tertiary/aromatic N) is 10. The molecule has 32 nitrogen and oxygen atoms in total. The number of likely N-dealkylation sites (tertiary alicyclic amines) is 2. The zero-order chi connectivity index (χ0) is 103. The van der Waals surface area contributed by atoms with Gasteiger partial charge in [-0.15, -0.1) is 22.7 Å². The normalized spacial score (nSPS) is 17.5. The van der Waals surface area contributed by atoms with E-state index in [4.69, 9.17) is 43.6 Å². The molecule has 34 heteroatoms. The first kappa shape index (κ1) is 124. The molecule has 0 bridgehead atoms. The maximum Gasteiger partial charge on any atom is 0.410 e. The Morgan fingerprint density at radius 1 is 0.500 bits per heavy atom. The van der Waals surface area contributed by atoms with E-state index in [-0.39, 0.29) is 140 Å². The molecule has 6 rings (SSSR count). The van der Waals surface area contributed by atoms with Gasteiger partial charge in [0.25, 0.3) is 0 Å². The lowest BCUT2D eigenvalue weighted by Gasteiger charge is -2.41. The maximum atomic E-state index is 14.7. The minimum absolute atomic E-state index is 0. The van der Waals surface area contributed by atoms with E-state index in [1.165, 1.54) is 32.5 Å². The van der Waals surface area contributed by atoms with E-state index in [0.717, 1.165) is 53.2 Å². The Kier molecular flexibility index (Phi) is 55.4. The number of nitrogens with one attached hydrogen (secondary N) is 2. The van der Waals surface area contributed by atoms with Gasteiger partial charge in [-0.1, -0.05) is 178 Å². The van der Waals surface area contributed by atoms with Gasteiger partial charge in [0.2, 0.25) is 35.4 Å². The number of ketones is 1. The Bertz CT molecular complexity index is 4200. The molecule has 4 aromatic rings. The summed E-state index contributed by atoms with van der Waals surface area (Å²) < 4.78 is 46.1. The molecule has 2 aromatic carbocycles. The summed E-state index contributed by atoms with van der Waals surface area (Å²) in [5.41, 5.74) is 7.33. The van der Waals surface area contributed by atoms with Crippen molar-refractivity contribution in [1.82, 2.24) is 59.8 Å². The van der Waals surface area contributed by atoms with Gasteiger partial charge in [0.05, 0.1) is 124 Å². The van der Waals surface area contributed by atoms with Gasteiger partial charge in [0.15, 0.2) is 5.78 Å². The van der Waals surface area contributed by atoms with E-state index in [2.05, 4.69) is 48.3 Å². The summed E-state index contributed by atoms with van der Waals surface area (Å²) in [5.74, 6) is -3.45. The lowest BCUT2D eigenvalue weighted by atomic mass is 9.83. The molecule has 2 saturated heterocycles. The van der Waals surface area contributed by atoms with Crippen LogP contribution in [0.15, 0.2) is 83.8 Å². The fourth-order valence-corrected chi connectivity index (χ4v) is 19.5. The highest BCUT2D eigenvalue weighted by atomic mass is 32.1. The summed E-state index contributed by atoms with van der Waals surface area (Å²) >= 11 is 3.02. The molecule has 8 amide bonds. The number of hydrogen-bond donors (Lipinski definition) is 4. The first-order chi connectivity index (χ1) is 64.5. The number of rotatable bonds is 54. The van der Waals surface area contributed by atoms with Crippen LogP contribution in [0.5, 0.6) is 0 Å². The number of benzene rings is 2. The van der Waals surface area contributed by atoms with Crippen LogP contribution in [0.3, 0.4) is 0 Å². The predicted octanol–water partition coefficient (Wildman–Crippen LogP) is 14.5. The number of aliphatic carboxylic acids is 1. The summed E-state index contributed by atoms with van der Waals surface area (Å²) in [6, 6.07) is 16.5. The summed E-state index contributed by atoms with van der Waals surface area (Å²) in [6.07, 6.45) is 6.44. The molecule has 0 saturated carbocycles. The lowest BCUT2D eigenvalue weighted by Crippen LogP contribution is -2.56. The third-order valence-corrected chi connectivity index (χ3v) is 28.1. The van der Waals surface area contributed by atoms with Crippen molar-refractivity contribution in [2.45, 2.75) is 307 Å². The van der Waals surface area contributed by atoms with E-state index >= 15 is 0 Å². The Balaban J connectivity index is 0.000000600. The fraction of sp³-hybridized carbons (Fsp3) is 0.731. The molecule has 0 unspecified atom stereocenters. The maximum absolute atomic E-state index is 14.7. The zero-order valence-electron chi connectivity index (χ0n) is 88.3. The number of carboxylic acid groups (broad SMARTS) is 1. The van der Waals surface area contributed by atoms with Crippen LogP contribution >= 0.6 is 22.7 Å². The van der Waals surface area contributed by atoms with Gasteiger partial charge in [0, 0.05) is 131 Å². The highest BCUT2D eigenvalue weighted by Gasteiger charge is 2.47. The van der Waals surface area contributed by atoms with Gasteiger partial charge >= 0.3 is 18.2 Å². The van der Waals surface area contributed by atoms with E-state index in [9.17, 15) is 53.1 Å². The molecular formula is C104H177N13O19S2. The molecule has 2 fully saturated rings. The lowest BCUT2D eigenvalue weighted by molar-refractivity contribution is -0.149. The van der Waals surface area contributed by atoms with E-state index in [1.807, 2.05) is 204 Å². The molecule has 0 radical (unpaired) electrons. The molecule has 2 aliphatic rings. The Labute approximate surface area is 835 Å². The first-order valence-corrected chi connectivity index (χ1v) is 50.9. The topological polar surface area (TPSA) is 367 Å². The second kappa shape index (κ2) is 61.6. The van der Waals surface area contributed by atoms with Crippen LogP contribution < -0.4 is 16.4 Å². The Morgan fingerprint density at radius 3 is 1.17 bits per heavy atom. The molecule has 2 aliphatic heterocycles. The molecule has 0 spiro atoms. The number of likely N-dealkylation sites (N-methyl/N-ethyl adjacent to an activating group) is 6. The van der Waals surface area contributed by atoms with Gasteiger partial charge in [-0.05, 0) is 141 Å². The number of thiazole rings is 2.